The van der Waals surface area contributed by atoms with Crippen molar-refractivity contribution < 1.29 is 4.39 Å². The van der Waals surface area contributed by atoms with Crippen LogP contribution in [0.25, 0.3) is 21.9 Å². The zero-order valence-corrected chi connectivity index (χ0v) is 10.8. The third-order valence-electron chi connectivity index (χ3n) is 3.17. The molecular formula is C16H11ClFN. The van der Waals surface area contributed by atoms with E-state index in [4.69, 9.17) is 17.3 Å². The van der Waals surface area contributed by atoms with Crippen molar-refractivity contribution in [2.75, 3.05) is 5.73 Å². The fourth-order valence-electron chi connectivity index (χ4n) is 2.27. The lowest BCUT2D eigenvalue weighted by atomic mass is 9.97. The lowest BCUT2D eigenvalue weighted by Crippen LogP contribution is -1.90. The Kier molecular flexibility index (Phi) is 2.88. The van der Waals surface area contributed by atoms with Crippen LogP contribution in [-0.4, -0.2) is 0 Å². The number of hydrogen-bond donors (Lipinski definition) is 1. The van der Waals surface area contributed by atoms with Gasteiger partial charge in [-0.25, -0.2) is 4.39 Å². The minimum Gasteiger partial charge on any atom is -0.398 e. The van der Waals surface area contributed by atoms with E-state index in [9.17, 15) is 4.39 Å². The quantitative estimate of drug-likeness (QED) is 0.627. The Labute approximate surface area is 115 Å². The van der Waals surface area contributed by atoms with Crippen molar-refractivity contribution in [2.45, 2.75) is 0 Å². The molecule has 2 N–H and O–H groups in total. The molecule has 0 radical (unpaired) electrons. The average Bonchev–Trinajstić information content (AvgIpc) is 2.42. The summed E-state index contributed by atoms with van der Waals surface area (Å²) in [5.74, 6) is -0.292. The molecule has 3 aromatic carbocycles. The number of anilines is 1. The summed E-state index contributed by atoms with van der Waals surface area (Å²) < 4.78 is 14.0. The van der Waals surface area contributed by atoms with Gasteiger partial charge in [-0.15, -0.1) is 0 Å². The van der Waals surface area contributed by atoms with Gasteiger partial charge in [0, 0.05) is 21.7 Å². The van der Waals surface area contributed by atoms with Gasteiger partial charge in [0.05, 0.1) is 0 Å². The monoisotopic (exact) mass is 271 g/mol. The summed E-state index contributed by atoms with van der Waals surface area (Å²) in [4.78, 5) is 0. The second kappa shape index (κ2) is 4.56. The van der Waals surface area contributed by atoms with Gasteiger partial charge in [-0.3, -0.25) is 0 Å². The van der Waals surface area contributed by atoms with Crippen molar-refractivity contribution in [2.24, 2.45) is 0 Å². The number of hydrogen-bond acceptors (Lipinski definition) is 1. The highest BCUT2D eigenvalue weighted by molar-refractivity contribution is 6.31. The van der Waals surface area contributed by atoms with E-state index in [1.807, 2.05) is 36.4 Å². The van der Waals surface area contributed by atoms with E-state index in [1.54, 1.807) is 12.1 Å². The van der Waals surface area contributed by atoms with E-state index >= 15 is 0 Å². The van der Waals surface area contributed by atoms with Gasteiger partial charge >= 0.3 is 0 Å². The van der Waals surface area contributed by atoms with E-state index in [2.05, 4.69) is 0 Å². The predicted octanol–water partition coefficient (Wildman–Crippen LogP) is 4.88. The molecule has 1 nitrogen and oxygen atoms in total. The van der Waals surface area contributed by atoms with Crippen LogP contribution >= 0.6 is 11.6 Å². The van der Waals surface area contributed by atoms with Crippen LogP contribution in [0.4, 0.5) is 10.1 Å². The Hall–Kier alpha value is -2.06. The van der Waals surface area contributed by atoms with Crippen molar-refractivity contribution in [3.05, 3.63) is 65.4 Å². The van der Waals surface area contributed by atoms with Gasteiger partial charge in [-0.1, -0.05) is 41.9 Å². The molecule has 0 aliphatic heterocycles. The molecule has 0 amide bonds. The van der Waals surface area contributed by atoms with Gasteiger partial charge in [-0.05, 0) is 35.2 Å². The Balaban J connectivity index is 2.37. The highest BCUT2D eigenvalue weighted by atomic mass is 35.5. The third-order valence-corrected chi connectivity index (χ3v) is 3.41. The number of benzene rings is 3. The summed E-state index contributed by atoms with van der Waals surface area (Å²) in [6, 6.07) is 15.9. The molecule has 0 aliphatic carbocycles. The summed E-state index contributed by atoms with van der Waals surface area (Å²) in [6.07, 6.45) is 0. The molecule has 0 atom stereocenters. The molecule has 0 saturated carbocycles. The molecule has 0 bridgehead atoms. The highest BCUT2D eigenvalue weighted by Crippen LogP contribution is 2.33. The highest BCUT2D eigenvalue weighted by Gasteiger charge is 2.10. The Bertz CT molecular complexity index is 768. The zero-order chi connectivity index (χ0) is 13.4. The van der Waals surface area contributed by atoms with Crippen molar-refractivity contribution in [3.8, 4) is 11.1 Å². The molecule has 0 heterocycles. The largest absolute Gasteiger partial charge is 0.398 e. The van der Waals surface area contributed by atoms with Crippen molar-refractivity contribution in [3.63, 3.8) is 0 Å². The third kappa shape index (κ3) is 2.04. The molecule has 0 aromatic heterocycles. The maximum absolute atomic E-state index is 14.0. The lowest BCUT2D eigenvalue weighted by molar-refractivity contribution is 0.631. The first-order chi connectivity index (χ1) is 9.16. The summed E-state index contributed by atoms with van der Waals surface area (Å²) in [6.45, 7) is 0. The number of fused-ring (bicyclic) bond motifs is 1. The zero-order valence-electron chi connectivity index (χ0n) is 10.0. The van der Waals surface area contributed by atoms with Crippen molar-refractivity contribution in [1.82, 2.24) is 0 Å². The van der Waals surface area contributed by atoms with Gasteiger partial charge in [0.15, 0.2) is 0 Å². The van der Waals surface area contributed by atoms with E-state index < -0.39 is 0 Å². The van der Waals surface area contributed by atoms with Gasteiger partial charge in [0.1, 0.15) is 5.82 Å². The Morgan fingerprint density at radius 3 is 2.42 bits per heavy atom. The smallest absolute Gasteiger partial charge is 0.131 e. The molecular weight excluding hydrogens is 261 g/mol. The van der Waals surface area contributed by atoms with E-state index in [1.165, 1.54) is 6.07 Å². The van der Waals surface area contributed by atoms with Crippen LogP contribution in [0.1, 0.15) is 0 Å². The van der Waals surface area contributed by atoms with Crippen LogP contribution in [0.2, 0.25) is 5.02 Å². The summed E-state index contributed by atoms with van der Waals surface area (Å²) in [5, 5.41) is 2.35. The maximum atomic E-state index is 14.0. The maximum Gasteiger partial charge on any atom is 0.131 e. The van der Waals surface area contributed by atoms with Crippen molar-refractivity contribution in [1.29, 1.82) is 0 Å². The lowest BCUT2D eigenvalue weighted by Gasteiger charge is -2.09. The first-order valence-corrected chi connectivity index (χ1v) is 6.27. The van der Waals surface area contributed by atoms with Crippen LogP contribution in [-0.2, 0) is 0 Å². The second-order valence-electron chi connectivity index (χ2n) is 4.37. The molecule has 94 valence electrons. The number of halogens is 2. The topological polar surface area (TPSA) is 26.0 Å². The van der Waals surface area contributed by atoms with Crippen molar-refractivity contribution >= 4 is 28.1 Å². The Morgan fingerprint density at radius 1 is 0.842 bits per heavy atom. The van der Waals surface area contributed by atoms with Gasteiger partial charge < -0.3 is 5.73 Å². The molecule has 3 rings (SSSR count). The van der Waals surface area contributed by atoms with Gasteiger partial charge in [0.2, 0.25) is 0 Å². The van der Waals surface area contributed by atoms with E-state index in [0.29, 0.717) is 16.3 Å². The van der Waals surface area contributed by atoms with Gasteiger partial charge in [-0.2, -0.15) is 0 Å². The van der Waals surface area contributed by atoms with Crippen LogP contribution in [0, 0.1) is 5.82 Å². The molecule has 0 saturated heterocycles. The van der Waals surface area contributed by atoms with Crippen LogP contribution < -0.4 is 5.73 Å². The number of nitrogen functional groups attached to an aromatic ring is 1. The average molecular weight is 272 g/mol. The summed E-state index contributed by atoms with van der Waals surface area (Å²) in [5.41, 5.74) is 7.92. The Morgan fingerprint density at radius 2 is 1.58 bits per heavy atom. The standard InChI is InChI=1S/C16H11ClFN/c17-10-7-8-15(18)14(9-10)12-3-1-5-13-11(12)4-2-6-16(13)19/h1-9H,19H2. The first kappa shape index (κ1) is 12.0. The van der Waals surface area contributed by atoms with Crippen LogP contribution in [0.3, 0.4) is 0 Å². The SMILES string of the molecule is Nc1cccc2c(-c3cc(Cl)ccc3F)cccc12. The predicted molar refractivity (Wildman–Crippen MR) is 78.8 cm³/mol. The summed E-state index contributed by atoms with van der Waals surface area (Å²) in [7, 11) is 0. The normalized spacial score (nSPS) is 10.8. The molecule has 0 unspecified atom stereocenters. The fourth-order valence-corrected chi connectivity index (χ4v) is 2.45. The summed E-state index contributed by atoms with van der Waals surface area (Å²) >= 11 is 5.96. The molecule has 0 spiro atoms. The first-order valence-electron chi connectivity index (χ1n) is 5.89. The molecule has 0 fully saturated rings. The van der Waals surface area contributed by atoms with Crippen LogP contribution in [0.5, 0.6) is 0 Å². The minimum atomic E-state index is -0.292. The second-order valence-corrected chi connectivity index (χ2v) is 4.81. The molecule has 3 aromatic rings. The van der Waals surface area contributed by atoms with E-state index in [-0.39, 0.29) is 5.82 Å². The molecule has 0 aliphatic rings. The molecule has 3 heteroatoms. The van der Waals surface area contributed by atoms with E-state index in [0.717, 1.165) is 16.3 Å². The molecule has 19 heavy (non-hydrogen) atoms. The fraction of sp³-hybridized carbons (Fsp3) is 0. The number of rotatable bonds is 1. The van der Waals surface area contributed by atoms with Gasteiger partial charge in [0.25, 0.3) is 0 Å². The van der Waals surface area contributed by atoms with Crippen LogP contribution in [0.15, 0.2) is 54.6 Å². The number of nitrogens with two attached hydrogens (primary N) is 1. The minimum absolute atomic E-state index is 0.292.